The quantitative estimate of drug-likeness (QED) is 0.611. The zero-order valence-corrected chi connectivity index (χ0v) is 10.2. The van der Waals surface area contributed by atoms with E-state index in [4.69, 9.17) is 4.74 Å². The van der Waals surface area contributed by atoms with Crippen molar-refractivity contribution < 1.29 is 9.66 Å². The van der Waals surface area contributed by atoms with Crippen molar-refractivity contribution in [2.24, 2.45) is 0 Å². The molecule has 0 saturated heterocycles. The van der Waals surface area contributed by atoms with Crippen molar-refractivity contribution in [1.82, 2.24) is 14.5 Å². The molecule has 0 amide bonds. The van der Waals surface area contributed by atoms with E-state index in [1.807, 2.05) is 6.92 Å². The highest BCUT2D eigenvalue weighted by Crippen LogP contribution is 2.25. The summed E-state index contributed by atoms with van der Waals surface area (Å²) in [5.74, 6) is 1.16. The second-order valence-corrected chi connectivity index (χ2v) is 3.75. The minimum absolute atomic E-state index is 0.0868. The topological polar surface area (TPSA) is 83.1 Å². The van der Waals surface area contributed by atoms with Crippen LogP contribution in [0.1, 0.15) is 11.5 Å². The lowest BCUT2D eigenvalue weighted by atomic mass is 10.3. The number of nitro groups is 1. The molecule has 18 heavy (non-hydrogen) atoms. The van der Waals surface area contributed by atoms with Gasteiger partial charge in [-0.05, 0) is 13.8 Å². The Balaban J connectivity index is 2.67. The van der Waals surface area contributed by atoms with Crippen LogP contribution in [-0.2, 0) is 0 Å². The number of pyridine rings is 1. The zero-order chi connectivity index (χ0) is 13.3. The summed E-state index contributed by atoms with van der Waals surface area (Å²) in [5.41, 5.74) is 0.683. The minimum atomic E-state index is -0.476. The smallest absolute Gasteiger partial charge is 0.312 e. The number of ether oxygens (including phenoxy) is 1. The number of methoxy groups -OCH3 is 1. The van der Waals surface area contributed by atoms with Crippen LogP contribution in [0, 0.1) is 24.0 Å². The molecule has 0 saturated carbocycles. The number of hydrogen-bond donors (Lipinski definition) is 0. The summed E-state index contributed by atoms with van der Waals surface area (Å²) in [4.78, 5) is 18.8. The van der Waals surface area contributed by atoms with Gasteiger partial charge in [-0.15, -0.1) is 0 Å². The molecule has 2 aromatic heterocycles. The molecule has 0 unspecified atom stereocenters. The van der Waals surface area contributed by atoms with Crippen LogP contribution >= 0.6 is 0 Å². The third-order valence-corrected chi connectivity index (χ3v) is 2.47. The molecule has 0 N–H and O–H groups in total. The Labute approximate surface area is 103 Å². The number of nitrogens with zero attached hydrogens (tertiary/aromatic N) is 4. The Kier molecular flexibility index (Phi) is 2.97. The fourth-order valence-electron chi connectivity index (χ4n) is 1.69. The normalized spacial score (nSPS) is 10.4. The van der Waals surface area contributed by atoms with Crippen molar-refractivity contribution >= 4 is 5.69 Å². The summed E-state index contributed by atoms with van der Waals surface area (Å²) < 4.78 is 6.57. The predicted octanol–water partition coefficient (Wildman–Crippen LogP) is 1.80. The van der Waals surface area contributed by atoms with Gasteiger partial charge in [0.05, 0.1) is 17.7 Å². The van der Waals surface area contributed by atoms with Crippen molar-refractivity contribution in [3.63, 3.8) is 0 Å². The van der Waals surface area contributed by atoms with Crippen molar-refractivity contribution in [3.8, 4) is 11.7 Å². The van der Waals surface area contributed by atoms with E-state index in [0.717, 1.165) is 5.69 Å². The molecule has 7 nitrogen and oxygen atoms in total. The summed E-state index contributed by atoms with van der Waals surface area (Å²) in [6.07, 6.45) is 1.70. The molecule has 0 atom stereocenters. The Hall–Kier alpha value is -2.44. The fraction of sp³-hybridized carbons (Fsp3) is 0.273. The first-order valence-electron chi connectivity index (χ1n) is 5.25. The molecule has 0 aliphatic rings. The van der Waals surface area contributed by atoms with Crippen molar-refractivity contribution in [1.29, 1.82) is 0 Å². The van der Waals surface area contributed by atoms with Crippen LogP contribution in [0.4, 0.5) is 5.69 Å². The zero-order valence-electron chi connectivity index (χ0n) is 10.2. The van der Waals surface area contributed by atoms with E-state index in [1.54, 1.807) is 17.7 Å². The fourth-order valence-corrected chi connectivity index (χ4v) is 1.69. The predicted molar refractivity (Wildman–Crippen MR) is 64.0 cm³/mol. The van der Waals surface area contributed by atoms with Crippen LogP contribution in [0.3, 0.4) is 0 Å². The van der Waals surface area contributed by atoms with E-state index in [9.17, 15) is 10.1 Å². The van der Waals surface area contributed by atoms with Crippen LogP contribution in [0.15, 0.2) is 18.3 Å². The van der Waals surface area contributed by atoms with Gasteiger partial charge in [0.15, 0.2) is 0 Å². The number of imidazole rings is 1. The number of aryl methyl sites for hydroxylation is 2. The highest BCUT2D eigenvalue weighted by Gasteiger charge is 2.19. The molecule has 0 aliphatic carbocycles. The van der Waals surface area contributed by atoms with Gasteiger partial charge in [0.25, 0.3) is 0 Å². The van der Waals surface area contributed by atoms with Crippen LogP contribution in [0.25, 0.3) is 5.82 Å². The Morgan fingerprint density at radius 1 is 1.33 bits per heavy atom. The molecule has 0 spiro atoms. The van der Waals surface area contributed by atoms with E-state index in [2.05, 4.69) is 9.97 Å². The average molecular weight is 248 g/mol. The van der Waals surface area contributed by atoms with Crippen LogP contribution < -0.4 is 4.74 Å². The lowest BCUT2D eigenvalue weighted by molar-refractivity contribution is -0.384. The molecular weight excluding hydrogens is 236 g/mol. The average Bonchev–Trinajstić information content (AvgIpc) is 2.67. The molecule has 7 heteroatoms. The molecule has 0 aliphatic heterocycles. The van der Waals surface area contributed by atoms with E-state index < -0.39 is 4.92 Å². The Morgan fingerprint density at radius 3 is 2.56 bits per heavy atom. The van der Waals surface area contributed by atoms with Crippen molar-refractivity contribution in [2.75, 3.05) is 7.11 Å². The Morgan fingerprint density at radius 2 is 2.06 bits per heavy atom. The van der Waals surface area contributed by atoms with E-state index >= 15 is 0 Å². The van der Waals surface area contributed by atoms with Gasteiger partial charge in [-0.2, -0.15) is 4.98 Å². The van der Waals surface area contributed by atoms with Crippen LogP contribution in [0.2, 0.25) is 0 Å². The molecule has 0 fully saturated rings. The third kappa shape index (κ3) is 2.02. The maximum Gasteiger partial charge on any atom is 0.312 e. The highest BCUT2D eigenvalue weighted by atomic mass is 16.6. The van der Waals surface area contributed by atoms with Gasteiger partial charge < -0.3 is 4.74 Å². The first-order chi connectivity index (χ1) is 8.52. The standard InChI is InChI=1S/C11H12N4O3/c1-7-6-14(8(2)12-7)11-9(15(16)17)4-5-10(13-11)18-3/h4-6H,1-3H3. The first kappa shape index (κ1) is 12.0. The number of hydrogen-bond acceptors (Lipinski definition) is 5. The van der Waals surface area contributed by atoms with E-state index in [0.29, 0.717) is 11.7 Å². The monoisotopic (exact) mass is 248 g/mol. The highest BCUT2D eigenvalue weighted by molar-refractivity contribution is 5.49. The Bertz CT molecular complexity index is 606. The first-order valence-corrected chi connectivity index (χ1v) is 5.25. The van der Waals surface area contributed by atoms with Gasteiger partial charge in [-0.25, -0.2) is 4.98 Å². The van der Waals surface area contributed by atoms with Gasteiger partial charge in [0.2, 0.25) is 11.7 Å². The number of rotatable bonds is 3. The second kappa shape index (κ2) is 4.44. The molecule has 0 radical (unpaired) electrons. The van der Waals surface area contributed by atoms with E-state index in [1.165, 1.54) is 19.2 Å². The summed E-state index contributed by atoms with van der Waals surface area (Å²) >= 11 is 0. The molecule has 94 valence electrons. The lowest BCUT2D eigenvalue weighted by Gasteiger charge is -2.06. The van der Waals surface area contributed by atoms with E-state index in [-0.39, 0.29) is 11.5 Å². The molecular formula is C11H12N4O3. The summed E-state index contributed by atoms with van der Waals surface area (Å²) in [5, 5.41) is 11.0. The van der Waals surface area contributed by atoms with Crippen LogP contribution in [-0.4, -0.2) is 26.6 Å². The van der Waals surface area contributed by atoms with Gasteiger partial charge in [0, 0.05) is 18.3 Å². The molecule has 2 aromatic rings. The molecule has 0 bridgehead atoms. The van der Waals surface area contributed by atoms with Gasteiger partial charge >= 0.3 is 5.69 Å². The third-order valence-electron chi connectivity index (χ3n) is 2.47. The molecule has 2 heterocycles. The van der Waals surface area contributed by atoms with Gasteiger partial charge in [0.1, 0.15) is 5.82 Å². The molecule has 2 rings (SSSR count). The second-order valence-electron chi connectivity index (χ2n) is 3.75. The van der Waals surface area contributed by atoms with Crippen molar-refractivity contribution in [2.45, 2.75) is 13.8 Å². The summed E-state index contributed by atoms with van der Waals surface area (Å²) in [6.45, 7) is 3.58. The summed E-state index contributed by atoms with van der Waals surface area (Å²) in [7, 11) is 1.46. The number of aromatic nitrogens is 3. The maximum atomic E-state index is 11.0. The molecule has 0 aromatic carbocycles. The lowest BCUT2D eigenvalue weighted by Crippen LogP contribution is -2.04. The minimum Gasteiger partial charge on any atom is -0.481 e. The SMILES string of the molecule is COc1ccc([N+](=O)[O-])c(-n2cc(C)nc2C)n1. The maximum absolute atomic E-state index is 11.0. The van der Waals surface area contributed by atoms with Gasteiger partial charge in [-0.1, -0.05) is 0 Å². The van der Waals surface area contributed by atoms with Gasteiger partial charge in [-0.3, -0.25) is 14.7 Å². The van der Waals surface area contributed by atoms with Crippen molar-refractivity contribution in [3.05, 3.63) is 40.0 Å². The van der Waals surface area contributed by atoms with Crippen LogP contribution in [0.5, 0.6) is 5.88 Å². The summed E-state index contributed by atoms with van der Waals surface area (Å²) in [6, 6.07) is 2.83. The largest absolute Gasteiger partial charge is 0.481 e.